The minimum atomic E-state index is -0.487. The van der Waals surface area contributed by atoms with Crippen LogP contribution >= 0.6 is 23.2 Å². The lowest BCUT2D eigenvalue weighted by atomic mass is 10.1. The second kappa shape index (κ2) is 6.75. The van der Waals surface area contributed by atoms with Crippen LogP contribution in [-0.2, 0) is 0 Å². The van der Waals surface area contributed by atoms with Crippen LogP contribution < -0.4 is 5.32 Å². The van der Waals surface area contributed by atoms with Gasteiger partial charge in [0.25, 0.3) is 5.91 Å². The molecule has 0 heterocycles. The summed E-state index contributed by atoms with van der Waals surface area (Å²) in [5, 5.41) is 12.7. The average Bonchev–Trinajstić information content (AvgIpc) is 2.48. The second-order valence-corrected chi connectivity index (χ2v) is 5.01. The summed E-state index contributed by atoms with van der Waals surface area (Å²) in [5.41, 5.74) is 1.11. The summed E-state index contributed by atoms with van der Waals surface area (Å²) in [7, 11) is 0. The number of nitrogens with one attached hydrogen (secondary N) is 1. The van der Waals surface area contributed by atoms with Gasteiger partial charge in [-0.2, -0.15) is 0 Å². The highest BCUT2D eigenvalue weighted by atomic mass is 35.5. The van der Waals surface area contributed by atoms with Crippen LogP contribution in [0.3, 0.4) is 0 Å². The summed E-state index contributed by atoms with van der Waals surface area (Å²) in [4.78, 5) is 12.2. The summed E-state index contributed by atoms with van der Waals surface area (Å²) >= 11 is 11.9. The molecule has 0 saturated heterocycles. The first kappa shape index (κ1) is 14.9. The standard InChI is InChI=1S/C15H13Cl2NO2/c16-12-8-4-7-11(14(12)17)15(20)18-13(9-19)10-5-2-1-3-6-10/h1-8,13,19H,9H2,(H,18,20). The monoisotopic (exact) mass is 309 g/mol. The number of carbonyl (C=O) groups excluding carboxylic acids is 1. The van der Waals surface area contributed by atoms with Gasteiger partial charge in [-0.15, -0.1) is 0 Å². The van der Waals surface area contributed by atoms with Gasteiger partial charge in [0.05, 0.1) is 28.3 Å². The first-order chi connectivity index (χ1) is 9.63. The molecule has 2 aromatic carbocycles. The molecule has 2 rings (SSSR count). The third-order valence-corrected chi connectivity index (χ3v) is 3.70. The quantitative estimate of drug-likeness (QED) is 0.908. The van der Waals surface area contributed by atoms with Crippen LogP contribution in [0.5, 0.6) is 0 Å². The van der Waals surface area contributed by atoms with Crippen LogP contribution in [-0.4, -0.2) is 17.6 Å². The molecule has 0 aromatic heterocycles. The van der Waals surface area contributed by atoms with Crippen molar-refractivity contribution in [3.05, 3.63) is 69.7 Å². The summed E-state index contributed by atoms with van der Waals surface area (Å²) in [6.07, 6.45) is 0. The van der Waals surface area contributed by atoms with E-state index in [1.165, 1.54) is 0 Å². The molecule has 0 bridgehead atoms. The van der Waals surface area contributed by atoms with Gasteiger partial charge in [0.15, 0.2) is 0 Å². The van der Waals surface area contributed by atoms with Crippen molar-refractivity contribution in [1.82, 2.24) is 5.32 Å². The second-order valence-electron chi connectivity index (χ2n) is 4.22. The summed E-state index contributed by atoms with van der Waals surface area (Å²) in [6.45, 7) is -0.200. The lowest BCUT2D eigenvalue weighted by Crippen LogP contribution is -2.31. The highest BCUT2D eigenvalue weighted by Gasteiger charge is 2.17. The van der Waals surface area contributed by atoms with Crippen LogP contribution in [0.15, 0.2) is 48.5 Å². The van der Waals surface area contributed by atoms with Crippen LogP contribution in [0.1, 0.15) is 22.0 Å². The highest BCUT2D eigenvalue weighted by Crippen LogP contribution is 2.26. The Morgan fingerprint density at radius 1 is 1.10 bits per heavy atom. The van der Waals surface area contributed by atoms with Gasteiger partial charge < -0.3 is 10.4 Å². The predicted molar refractivity (Wildman–Crippen MR) is 80.2 cm³/mol. The molecule has 1 atom stereocenters. The van der Waals surface area contributed by atoms with E-state index in [2.05, 4.69) is 5.32 Å². The third-order valence-electron chi connectivity index (χ3n) is 2.89. The number of carbonyl (C=O) groups is 1. The smallest absolute Gasteiger partial charge is 0.253 e. The number of halogens is 2. The number of benzene rings is 2. The topological polar surface area (TPSA) is 49.3 Å². The van der Waals surface area contributed by atoms with E-state index in [9.17, 15) is 9.90 Å². The predicted octanol–water partition coefficient (Wildman–Crippen LogP) is 3.46. The molecule has 0 saturated carbocycles. The Kier molecular flexibility index (Phi) is 5.01. The molecule has 0 radical (unpaired) electrons. The fraction of sp³-hybridized carbons (Fsp3) is 0.133. The average molecular weight is 310 g/mol. The minimum absolute atomic E-state index is 0.200. The molecule has 1 unspecified atom stereocenters. The van der Waals surface area contributed by atoms with Crippen molar-refractivity contribution in [2.24, 2.45) is 0 Å². The number of aliphatic hydroxyl groups excluding tert-OH is 1. The molecule has 0 spiro atoms. The number of rotatable bonds is 4. The van der Waals surface area contributed by atoms with Gasteiger partial charge in [-0.05, 0) is 17.7 Å². The minimum Gasteiger partial charge on any atom is -0.394 e. The van der Waals surface area contributed by atoms with E-state index in [1.807, 2.05) is 30.3 Å². The van der Waals surface area contributed by atoms with Crippen LogP contribution in [0, 0.1) is 0 Å². The molecule has 0 aliphatic heterocycles. The van der Waals surface area contributed by atoms with E-state index in [0.29, 0.717) is 5.02 Å². The number of amides is 1. The van der Waals surface area contributed by atoms with Crippen molar-refractivity contribution in [1.29, 1.82) is 0 Å². The Hall–Kier alpha value is -1.55. The first-order valence-corrected chi connectivity index (χ1v) is 6.79. The molecule has 3 nitrogen and oxygen atoms in total. The Morgan fingerprint density at radius 2 is 1.80 bits per heavy atom. The normalized spacial score (nSPS) is 11.9. The maximum absolute atomic E-state index is 12.2. The Labute approximate surface area is 127 Å². The number of hydrogen-bond acceptors (Lipinski definition) is 2. The van der Waals surface area contributed by atoms with E-state index >= 15 is 0 Å². The first-order valence-electron chi connectivity index (χ1n) is 6.04. The van der Waals surface area contributed by atoms with E-state index in [-0.39, 0.29) is 23.1 Å². The van der Waals surface area contributed by atoms with Gasteiger partial charge in [0, 0.05) is 0 Å². The zero-order valence-corrected chi connectivity index (χ0v) is 12.0. The molecule has 1 amide bonds. The molecular formula is C15H13Cl2NO2. The molecular weight excluding hydrogens is 297 g/mol. The SMILES string of the molecule is O=C(NC(CO)c1ccccc1)c1cccc(Cl)c1Cl. The molecule has 0 aliphatic carbocycles. The van der Waals surface area contributed by atoms with Crippen molar-refractivity contribution >= 4 is 29.1 Å². The van der Waals surface area contributed by atoms with Crippen molar-refractivity contribution in [2.45, 2.75) is 6.04 Å². The Bertz CT molecular complexity index is 602. The summed E-state index contributed by atoms with van der Waals surface area (Å²) < 4.78 is 0. The van der Waals surface area contributed by atoms with Crippen LogP contribution in [0.2, 0.25) is 10.0 Å². The molecule has 2 aromatic rings. The lowest BCUT2D eigenvalue weighted by molar-refractivity contribution is 0.0916. The van der Waals surface area contributed by atoms with E-state index in [1.54, 1.807) is 18.2 Å². The summed E-state index contributed by atoms with van der Waals surface area (Å²) in [5.74, 6) is -0.375. The molecule has 104 valence electrons. The largest absolute Gasteiger partial charge is 0.394 e. The highest BCUT2D eigenvalue weighted by molar-refractivity contribution is 6.43. The number of aliphatic hydroxyl groups is 1. The van der Waals surface area contributed by atoms with Crippen molar-refractivity contribution in [3.63, 3.8) is 0 Å². The number of hydrogen-bond donors (Lipinski definition) is 2. The zero-order valence-electron chi connectivity index (χ0n) is 10.5. The van der Waals surface area contributed by atoms with E-state index in [0.717, 1.165) is 5.56 Å². The Balaban J connectivity index is 2.20. The van der Waals surface area contributed by atoms with Crippen molar-refractivity contribution < 1.29 is 9.90 Å². The van der Waals surface area contributed by atoms with E-state index in [4.69, 9.17) is 23.2 Å². The maximum atomic E-state index is 12.2. The molecule has 2 N–H and O–H groups in total. The van der Waals surface area contributed by atoms with Crippen molar-refractivity contribution in [3.8, 4) is 0 Å². The summed E-state index contributed by atoms with van der Waals surface area (Å²) in [6, 6.07) is 13.6. The van der Waals surface area contributed by atoms with Crippen LogP contribution in [0.4, 0.5) is 0 Å². The lowest BCUT2D eigenvalue weighted by Gasteiger charge is -2.17. The van der Waals surface area contributed by atoms with Crippen LogP contribution in [0.25, 0.3) is 0 Å². The van der Waals surface area contributed by atoms with Gasteiger partial charge >= 0.3 is 0 Å². The fourth-order valence-corrected chi connectivity index (χ4v) is 2.22. The van der Waals surface area contributed by atoms with Crippen molar-refractivity contribution in [2.75, 3.05) is 6.61 Å². The molecule has 0 aliphatic rings. The Morgan fingerprint density at radius 3 is 2.45 bits per heavy atom. The third kappa shape index (κ3) is 3.31. The molecule has 5 heteroatoms. The van der Waals surface area contributed by atoms with Gasteiger partial charge in [-0.1, -0.05) is 59.6 Å². The molecule has 0 fully saturated rings. The molecule has 20 heavy (non-hydrogen) atoms. The van der Waals surface area contributed by atoms with Gasteiger partial charge in [-0.3, -0.25) is 4.79 Å². The zero-order chi connectivity index (χ0) is 14.5. The maximum Gasteiger partial charge on any atom is 0.253 e. The van der Waals surface area contributed by atoms with Gasteiger partial charge in [0.1, 0.15) is 0 Å². The fourth-order valence-electron chi connectivity index (χ4n) is 1.83. The van der Waals surface area contributed by atoms with E-state index < -0.39 is 6.04 Å². The van der Waals surface area contributed by atoms with Gasteiger partial charge in [-0.25, -0.2) is 0 Å². The van der Waals surface area contributed by atoms with Gasteiger partial charge in [0.2, 0.25) is 0 Å².